The number of alkyl halides is 1. The molecule has 1 aliphatic carbocycles. The van der Waals surface area contributed by atoms with E-state index in [4.69, 9.17) is 4.74 Å². The highest BCUT2D eigenvalue weighted by Gasteiger charge is 2.42. The predicted molar refractivity (Wildman–Crippen MR) is 40.3 cm³/mol. The Kier molecular flexibility index (Phi) is 1.26. The van der Waals surface area contributed by atoms with E-state index >= 15 is 0 Å². The molecule has 46 valence electrons. The molecule has 3 atom stereocenters. The summed E-state index contributed by atoms with van der Waals surface area (Å²) >= 11 is 2.52. The third kappa shape index (κ3) is 0.880. The molecule has 3 unspecified atom stereocenters. The Morgan fingerprint density at radius 3 is 2.75 bits per heavy atom. The summed E-state index contributed by atoms with van der Waals surface area (Å²) in [6, 6.07) is 0. The molecule has 0 radical (unpaired) electrons. The average Bonchev–Trinajstić information content (AvgIpc) is 2.43. The predicted octanol–water partition coefficient (Wildman–Crippen LogP) is 1.74. The highest BCUT2D eigenvalue weighted by Crippen LogP contribution is 2.39. The molecule has 8 heavy (non-hydrogen) atoms. The molecule has 1 nitrogen and oxygen atoms in total. The van der Waals surface area contributed by atoms with Crippen LogP contribution in [0.2, 0.25) is 0 Å². The highest BCUT2D eigenvalue weighted by molar-refractivity contribution is 14.1. The number of rotatable bonds is 0. The van der Waals surface area contributed by atoms with Crippen molar-refractivity contribution < 1.29 is 4.74 Å². The molecule has 0 aromatic heterocycles. The Hall–Kier alpha value is 0.690. The molecular weight excluding hydrogens is 215 g/mol. The molecule has 0 spiro atoms. The quantitative estimate of drug-likeness (QED) is 0.347. The van der Waals surface area contributed by atoms with Crippen LogP contribution < -0.4 is 0 Å². The van der Waals surface area contributed by atoms with Crippen LogP contribution in [0.1, 0.15) is 19.3 Å². The fourth-order valence-corrected chi connectivity index (χ4v) is 2.22. The van der Waals surface area contributed by atoms with Crippen LogP contribution in [0.25, 0.3) is 0 Å². The van der Waals surface area contributed by atoms with Gasteiger partial charge in [-0.2, -0.15) is 0 Å². The molecule has 0 amide bonds. The van der Waals surface area contributed by atoms with Gasteiger partial charge in [0.15, 0.2) is 0 Å². The maximum absolute atomic E-state index is 5.34. The molecule has 1 aliphatic heterocycles. The van der Waals surface area contributed by atoms with Crippen LogP contribution in [0.4, 0.5) is 0 Å². The first kappa shape index (κ1) is 5.47. The summed E-state index contributed by atoms with van der Waals surface area (Å²) in [7, 11) is 0. The molecule has 2 fully saturated rings. The summed E-state index contributed by atoms with van der Waals surface area (Å²) in [6.07, 6.45) is 5.36. The molecule has 1 saturated heterocycles. The van der Waals surface area contributed by atoms with Gasteiger partial charge in [-0.05, 0) is 19.3 Å². The van der Waals surface area contributed by atoms with Crippen molar-refractivity contribution >= 4 is 22.6 Å². The van der Waals surface area contributed by atoms with E-state index in [0.29, 0.717) is 12.2 Å². The van der Waals surface area contributed by atoms with Gasteiger partial charge in [0.2, 0.25) is 0 Å². The third-order valence-electron chi connectivity index (χ3n) is 1.94. The third-order valence-corrected chi connectivity index (χ3v) is 3.07. The van der Waals surface area contributed by atoms with E-state index in [9.17, 15) is 0 Å². The van der Waals surface area contributed by atoms with Gasteiger partial charge in [-0.3, -0.25) is 0 Å². The summed E-state index contributed by atoms with van der Waals surface area (Å²) in [5.74, 6) is 0. The van der Waals surface area contributed by atoms with Crippen LogP contribution in [0.15, 0.2) is 0 Å². The number of ether oxygens (including phenoxy) is 1. The van der Waals surface area contributed by atoms with Gasteiger partial charge in [-0.25, -0.2) is 0 Å². The van der Waals surface area contributed by atoms with Crippen LogP contribution in [-0.2, 0) is 4.74 Å². The van der Waals surface area contributed by atoms with Crippen molar-refractivity contribution in [3.05, 3.63) is 0 Å². The second-order valence-corrected chi connectivity index (χ2v) is 4.38. The van der Waals surface area contributed by atoms with Crippen molar-refractivity contribution in [2.75, 3.05) is 0 Å². The molecule has 1 saturated carbocycles. The van der Waals surface area contributed by atoms with Crippen LogP contribution in [-0.4, -0.2) is 16.1 Å². The molecule has 0 N–H and O–H groups in total. The maximum Gasteiger partial charge on any atom is 0.0851 e. The van der Waals surface area contributed by atoms with Gasteiger partial charge in [0.1, 0.15) is 0 Å². The van der Waals surface area contributed by atoms with E-state index in [1.54, 1.807) is 0 Å². The fourth-order valence-electron chi connectivity index (χ4n) is 1.36. The van der Waals surface area contributed by atoms with Crippen molar-refractivity contribution in [2.45, 2.75) is 35.4 Å². The normalized spacial score (nSPS) is 52.9. The van der Waals surface area contributed by atoms with Gasteiger partial charge in [0.05, 0.1) is 12.2 Å². The first-order chi connectivity index (χ1) is 3.86. The van der Waals surface area contributed by atoms with Crippen LogP contribution in [0.3, 0.4) is 0 Å². The summed E-state index contributed by atoms with van der Waals surface area (Å²) in [4.78, 5) is 0. The Morgan fingerprint density at radius 1 is 1.25 bits per heavy atom. The smallest absolute Gasteiger partial charge is 0.0851 e. The zero-order chi connectivity index (χ0) is 5.56. The van der Waals surface area contributed by atoms with E-state index in [1.807, 2.05) is 0 Å². The molecule has 2 heteroatoms. The lowest BCUT2D eigenvalue weighted by atomic mass is 10.0. The van der Waals surface area contributed by atoms with Crippen LogP contribution in [0.5, 0.6) is 0 Å². The molecule has 2 aliphatic rings. The Bertz CT molecular complexity index is 105. The van der Waals surface area contributed by atoms with Gasteiger partial charge in [0.25, 0.3) is 0 Å². The van der Waals surface area contributed by atoms with E-state index < -0.39 is 0 Å². The van der Waals surface area contributed by atoms with Crippen molar-refractivity contribution in [3.8, 4) is 0 Å². The topological polar surface area (TPSA) is 12.5 Å². The maximum atomic E-state index is 5.34. The summed E-state index contributed by atoms with van der Waals surface area (Å²) in [5, 5.41) is 0. The first-order valence-electron chi connectivity index (χ1n) is 3.16. The fraction of sp³-hybridized carbons (Fsp3) is 1.00. The zero-order valence-electron chi connectivity index (χ0n) is 4.64. The van der Waals surface area contributed by atoms with E-state index in [2.05, 4.69) is 22.6 Å². The van der Waals surface area contributed by atoms with Crippen molar-refractivity contribution in [1.29, 1.82) is 0 Å². The molecular formula is C6H9IO. The van der Waals surface area contributed by atoms with Crippen molar-refractivity contribution in [3.63, 3.8) is 0 Å². The number of fused-ring (bicyclic) bond motifs is 1. The zero-order valence-corrected chi connectivity index (χ0v) is 6.80. The van der Waals surface area contributed by atoms with Crippen LogP contribution in [0, 0.1) is 0 Å². The van der Waals surface area contributed by atoms with Crippen molar-refractivity contribution in [2.24, 2.45) is 0 Å². The number of hydrogen-bond donors (Lipinski definition) is 0. The summed E-state index contributed by atoms with van der Waals surface area (Å²) in [5.41, 5.74) is 0. The lowest BCUT2D eigenvalue weighted by molar-refractivity contribution is 0.373. The summed E-state index contributed by atoms with van der Waals surface area (Å²) in [6.45, 7) is 0. The molecule has 2 rings (SSSR count). The van der Waals surface area contributed by atoms with Crippen molar-refractivity contribution in [1.82, 2.24) is 0 Å². The number of halogens is 1. The average molecular weight is 224 g/mol. The molecule has 0 bridgehead atoms. The number of epoxide rings is 1. The minimum atomic E-state index is 0.672. The molecule has 1 heterocycles. The van der Waals surface area contributed by atoms with Gasteiger partial charge < -0.3 is 4.74 Å². The minimum Gasteiger partial charge on any atom is -0.370 e. The minimum absolute atomic E-state index is 0.672. The second-order valence-electron chi connectivity index (χ2n) is 2.62. The lowest BCUT2D eigenvalue weighted by Gasteiger charge is -2.09. The van der Waals surface area contributed by atoms with Gasteiger partial charge in [-0.15, -0.1) is 0 Å². The molecule has 0 aromatic carbocycles. The SMILES string of the molecule is IC1CCC2OC2C1. The first-order valence-corrected chi connectivity index (χ1v) is 4.40. The Labute approximate surface area is 62.9 Å². The van der Waals surface area contributed by atoms with Gasteiger partial charge in [-0.1, -0.05) is 22.6 Å². The number of hydrogen-bond acceptors (Lipinski definition) is 1. The lowest BCUT2D eigenvalue weighted by Crippen LogP contribution is -2.11. The Morgan fingerprint density at radius 2 is 2.12 bits per heavy atom. The van der Waals surface area contributed by atoms with Gasteiger partial charge in [0, 0.05) is 3.92 Å². The Balaban J connectivity index is 1.93. The van der Waals surface area contributed by atoms with E-state index in [0.717, 1.165) is 3.92 Å². The molecule has 0 aromatic rings. The largest absolute Gasteiger partial charge is 0.370 e. The monoisotopic (exact) mass is 224 g/mol. The second kappa shape index (κ2) is 1.84. The summed E-state index contributed by atoms with van der Waals surface area (Å²) < 4.78 is 6.24. The highest BCUT2D eigenvalue weighted by atomic mass is 127. The van der Waals surface area contributed by atoms with E-state index in [-0.39, 0.29) is 0 Å². The van der Waals surface area contributed by atoms with Gasteiger partial charge >= 0.3 is 0 Å². The van der Waals surface area contributed by atoms with E-state index in [1.165, 1.54) is 19.3 Å². The standard InChI is InChI=1S/C6H9IO/c7-4-1-2-5-6(3-4)8-5/h4-6H,1-3H2. The van der Waals surface area contributed by atoms with Crippen LogP contribution >= 0.6 is 22.6 Å².